The third kappa shape index (κ3) is 4.48. The predicted molar refractivity (Wildman–Crippen MR) is 99.4 cm³/mol. The Labute approximate surface area is 153 Å². The van der Waals surface area contributed by atoms with E-state index in [0.29, 0.717) is 22.2 Å². The van der Waals surface area contributed by atoms with Gasteiger partial charge in [0.25, 0.3) is 11.5 Å². The molecule has 2 heterocycles. The lowest BCUT2D eigenvalue weighted by molar-refractivity contribution is 0.102. The SMILES string of the molecule is CC(C)Oc1cc(Oc2ccc[nH]c2=O)cc(C(=O)Nc2nccs2)c1. The first-order valence-electron chi connectivity index (χ1n) is 7.89. The smallest absolute Gasteiger partial charge is 0.290 e. The van der Waals surface area contributed by atoms with Crippen LogP contribution < -0.4 is 20.3 Å². The van der Waals surface area contributed by atoms with Crippen molar-refractivity contribution >= 4 is 22.4 Å². The molecule has 0 aliphatic carbocycles. The highest BCUT2D eigenvalue weighted by Crippen LogP contribution is 2.27. The van der Waals surface area contributed by atoms with E-state index in [-0.39, 0.29) is 23.3 Å². The third-order valence-electron chi connectivity index (χ3n) is 3.18. The summed E-state index contributed by atoms with van der Waals surface area (Å²) < 4.78 is 11.3. The molecule has 0 aliphatic rings. The standard InChI is InChI=1S/C18H17N3O4S/c1-11(2)24-13-8-12(16(22)21-18-20-6-7-26-18)9-14(10-13)25-15-4-3-5-19-17(15)23/h3-11H,1-2H3,(H,19,23)(H,20,21,22). The van der Waals surface area contributed by atoms with Crippen LogP contribution in [0.25, 0.3) is 0 Å². The molecule has 3 rings (SSSR count). The summed E-state index contributed by atoms with van der Waals surface area (Å²) in [7, 11) is 0. The molecule has 2 aromatic heterocycles. The Morgan fingerprint density at radius 2 is 2.08 bits per heavy atom. The van der Waals surface area contributed by atoms with E-state index < -0.39 is 0 Å². The molecule has 1 aromatic carbocycles. The number of benzene rings is 1. The van der Waals surface area contributed by atoms with Crippen LogP contribution in [0.3, 0.4) is 0 Å². The summed E-state index contributed by atoms with van der Waals surface area (Å²) >= 11 is 1.32. The molecule has 0 bridgehead atoms. The summed E-state index contributed by atoms with van der Waals surface area (Å²) in [5.74, 6) is 0.569. The Morgan fingerprint density at radius 1 is 1.27 bits per heavy atom. The van der Waals surface area contributed by atoms with Gasteiger partial charge in [0.2, 0.25) is 0 Å². The number of amides is 1. The van der Waals surface area contributed by atoms with Gasteiger partial charge in [-0.25, -0.2) is 4.98 Å². The molecular weight excluding hydrogens is 354 g/mol. The number of rotatable bonds is 6. The predicted octanol–water partition coefficient (Wildman–Crippen LogP) is 3.66. The summed E-state index contributed by atoms with van der Waals surface area (Å²) in [6.45, 7) is 3.76. The molecule has 0 radical (unpaired) electrons. The second kappa shape index (κ2) is 7.83. The first-order chi connectivity index (χ1) is 12.5. The van der Waals surface area contributed by atoms with Crippen molar-refractivity contribution in [2.45, 2.75) is 20.0 Å². The van der Waals surface area contributed by atoms with E-state index in [1.54, 1.807) is 41.9 Å². The van der Waals surface area contributed by atoms with Gasteiger partial charge in [-0.1, -0.05) is 0 Å². The molecular formula is C18H17N3O4S. The number of pyridine rings is 1. The largest absolute Gasteiger partial charge is 0.491 e. The molecule has 0 saturated carbocycles. The van der Waals surface area contributed by atoms with Crippen LogP contribution >= 0.6 is 11.3 Å². The summed E-state index contributed by atoms with van der Waals surface area (Å²) in [6.07, 6.45) is 3.04. The Balaban J connectivity index is 1.91. The van der Waals surface area contributed by atoms with Gasteiger partial charge in [0, 0.05) is 29.4 Å². The maximum absolute atomic E-state index is 12.5. The molecule has 0 spiro atoms. The second-order valence-corrected chi connectivity index (χ2v) is 6.51. The van der Waals surface area contributed by atoms with Crippen molar-refractivity contribution in [3.8, 4) is 17.2 Å². The lowest BCUT2D eigenvalue weighted by Gasteiger charge is -2.13. The van der Waals surface area contributed by atoms with Crippen molar-refractivity contribution in [3.63, 3.8) is 0 Å². The van der Waals surface area contributed by atoms with Crippen molar-refractivity contribution in [1.82, 2.24) is 9.97 Å². The summed E-state index contributed by atoms with van der Waals surface area (Å²) in [6, 6.07) is 7.99. The zero-order valence-electron chi connectivity index (χ0n) is 14.2. The molecule has 0 atom stereocenters. The summed E-state index contributed by atoms with van der Waals surface area (Å²) in [5.41, 5.74) is -0.0304. The number of nitrogens with zero attached hydrogens (tertiary/aromatic N) is 1. The van der Waals surface area contributed by atoms with E-state index in [1.807, 2.05) is 13.8 Å². The molecule has 3 aromatic rings. The fraction of sp³-hybridized carbons (Fsp3) is 0.167. The van der Waals surface area contributed by atoms with Crippen molar-refractivity contribution < 1.29 is 14.3 Å². The van der Waals surface area contributed by atoms with Crippen molar-refractivity contribution in [2.24, 2.45) is 0 Å². The van der Waals surface area contributed by atoms with Crippen LogP contribution in [0.5, 0.6) is 17.2 Å². The van der Waals surface area contributed by atoms with Crippen LogP contribution in [0.4, 0.5) is 5.13 Å². The zero-order valence-corrected chi connectivity index (χ0v) is 15.0. The Kier molecular flexibility index (Phi) is 5.33. The molecule has 8 heteroatoms. The van der Waals surface area contributed by atoms with E-state index >= 15 is 0 Å². The van der Waals surface area contributed by atoms with E-state index in [2.05, 4.69) is 15.3 Å². The third-order valence-corrected chi connectivity index (χ3v) is 3.87. The van der Waals surface area contributed by atoms with Crippen molar-refractivity contribution in [1.29, 1.82) is 0 Å². The molecule has 0 aliphatic heterocycles. The fourth-order valence-electron chi connectivity index (χ4n) is 2.17. The maximum atomic E-state index is 12.5. The van der Waals surface area contributed by atoms with Gasteiger partial charge < -0.3 is 14.5 Å². The molecule has 0 fully saturated rings. The first-order valence-corrected chi connectivity index (χ1v) is 8.77. The molecule has 134 valence electrons. The number of carbonyl (C=O) groups is 1. The minimum atomic E-state index is -0.364. The fourth-order valence-corrected chi connectivity index (χ4v) is 2.69. The van der Waals surface area contributed by atoms with Gasteiger partial charge in [0.1, 0.15) is 11.5 Å². The van der Waals surface area contributed by atoms with Crippen molar-refractivity contribution in [2.75, 3.05) is 5.32 Å². The van der Waals surface area contributed by atoms with Crippen LogP contribution in [-0.2, 0) is 0 Å². The van der Waals surface area contributed by atoms with E-state index in [4.69, 9.17) is 9.47 Å². The quantitative estimate of drug-likeness (QED) is 0.690. The number of anilines is 1. The van der Waals surface area contributed by atoms with Gasteiger partial charge in [0.05, 0.1) is 6.10 Å². The zero-order chi connectivity index (χ0) is 18.5. The Hall–Kier alpha value is -3.13. The number of nitrogens with one attached hydrogen (secondary N) is 2. The highest BCUT2D eigenvalue weighted by molar-refractivity contribution is 7.13. The van der Waals surface area contributed by atoms with Crippen molar-refractivity contribution in [3.05, 3.63) is 64.0 Å². The Morgan fingerprint density at radius 3 is 2.77 bits per heavy atom. The Bertz CT molecular complexity index is 951. The van der Waals surface area contributed by atoms with E-state index in [9.17, 15) is 9.59 Å². The lowest BCUT2D eigenvalue weighted by Crippen LogP contribution is -2.13. The summed E-state index contributed by atoms with van der Waals surface area (Å²) in [4.78, 5) is 30.9. The van der Waals surface area contributed by atoms with Crippen LogP contribution in [0.1, 0.15) is 24.2 Å². The monoisotopic (exact) mass is 371 g/mol. The highest BCUT2D eigenvalue weighted by Gasteiger charge is 2.13. The van der Waals surface area contributed by atoms with E-state index in [1.165, 1.54) is 17.5 Å². The first kappa shape index (κ1) is 17.7. The molecule has 26 heavy (non-hydrogen) atoms. The minimum Gasteiger partial charge on any atom is -0.491 e. The van der Waals surface area contributed by atoms with E-state index in [0.717, 1.165) is 0 Å². The number of thiazole rings is 1. The van der Waals surface area contributed by atoms with Crippen LogP contribution in [0.15, 0.2) is 52.9 Å². The van der Waals surface area contributed by atoms with Crippen LogP contribution in [0, 0.1) is 0 Å². The number of H-pyrrole nitrogens is 1. The van der Waals surface area contributed by atoms with Gasteiger partial charge in [-0.2, -0.15) is 0 Å². The van der Waals surface area contributed by atoms with Gasteiger partial charge in [-0.3, -0.25) is 14.9 Å². The lowest BCUT2D eigenvalue weighted by atomic mass is 10.2. The summed E-state index contributed by atoms with van der Waals surface area (Å²) in [5, 5.41) is 4.97. The molecule has 1 amide bonds. The maximum Gasteiger partial charge on any atom is 0.290 e. The van der Waals surface area contributed by atoms with Gasteiger partial charge in [0.15, 0.2) is 10.9 Å². The number of carbonyl (C=O) groups excluding carboxylic acids is 1. The second-order valence-electron chi connectivity index (χ2n) is 5.62. The highest BCUT2D eigenvalue weighted by atomic mass is 32.1. The van der Waals surface area contributed by atoms with Gasteiger partial charge in [-0.05, 0) is 38.1 Å². The number of aromatic amines is 1. The average molecular weight is 371 g/mol. The molecule has 0 saturated heterocycles. The number of ether oxygens (including phenoxy) is 2. The number of aromatic nitrogens is 2. The number of hydrogen-bond donors (Lipinski definition) is 2. The van der Waals surface area contributed by atoms with Crippen LogP contribution in [-0.4, -0.2) is 22.0 Å². The van der Waals surface area contributed by atoms with Gasteiger partial charge >= 0.3 is 0 Å². The normalized spacial score (nSPS) is 10.6. The molecule has 2 N–H and O–H groups in total. The van der Waals surface area contributed by atoms with Gasteiger partial charge in [-0.15, -0.1) is 11.3 Å². The van der Waals surface area contributed by atoms with Crippen LogP contribution in [0.2, 0.25) is 0 Å². The average Bonchev–Trinajstić information content (AvgIpc) is 3.09. The topological polar surface area (TPSA) is 93.3 Å². The minimum absolute atomic E-state index is 0.0831. The number of hydrogen-bond acceptors (Lipinski definition) is 6. The molecule has 7 nitrogen and oxygen atoms in total. The molecule has 0 unspecified atom stereocenters.